The van der Waals surface area contributed by atoms with Crippen LogP contribution in [0.5, 0.6) is 0 Å². The molecular formula is C12H18N2O2. The van der Waals surface area contributed by atoms with Gasteiger partial charge in [-0.3, -0.25) is 9.78 Å². The highest BCUT2D eigenvalue weighted by Gasteiger charge is 2.20. The van der Waals surface area contributed by atoms with Crippen molar-refractivity contribution < 1.29 is 9.90 Å². The van der Waals surface area contributed by atoms with E-state index in [1.54, 1.807) is 6.20 Å². The molecule has 2 N–H and O–H groups in total. The number of nitrogens with zero attached hydrogens (tertiary/aromatic N) is 1. The van der Waals surface area contributed by atoms with Crippen molar-refractivity contribution in [3.63, 3.8) is 0 Å². The number of carboxylic acid groups (broad SMARTS) is 1. The number of carbonyl (C=O) groups is 1. The smallest absolute Gasteiger partial charge is 0.308 e. The first-order chi connectivity index (χ1) is 7.61. The summed E-state index contributed by atoms with van der Waals surface area (Å²) in [6.45, 7) is 4.92. The fourth-order valence-electron chi connectivity index (χ4n) is 1.47. The number of aromatic nitrogens is 1. The fraction of sp³-hybridized carbons (Fsp3) is 0.500. The first-order valence-electron chi connectivity index (χ1n) is 5.44. The molecule has 0 fully saturated rings. The Labute approximate surface area is 95.7 Å². The van der Waals surface area contributed by atoms with Gasteiger partial charge >= 0.3 is 5.97 Å². The van der Waals surface area contributed by atoms with E-state index in [1.807, 2.05) is 32.0 Å². The van der Waals surface area contributed by atoms with Crippen molar-refractivity contribution in [1.29, 1.82) is 0 Å². The minimum absolute atomic E-state index is 0.133. The van der Waals surface area contributed by atoms with Crippen LogP contribution < -0.4 is 5.32 Å². The first kappa shape index (κ1) is 12.6. The highest BCUT2D eigenvalue weighted by molar-refractivity contribution is 5.70. The molecule has 0 aromatic carbocycles. The highest BCUT2D eigenvalue weighted by Crippen LogP contribution is 2.09. The predicted molar refractivity (Wildman–Crippen MR) is 61.9 cm³/mol. The molecule has 0 aliphatic heterocycles. The van der Waals surface area contributed by atoms with Gasteiger partial charge in [0, 0.05) is 19.3 Å². The van der Waals surface area contributed by atoms with Crippen LogP contribution in [0.2, 0.25) is 0 Å². The third-order valence-electron chi connectivity index (χ3n) is 2.52. The largest absolute Gasteiger partial charge is 0.481 e. The third kappa shape index (κ3) is 3.98. The van der Waals surface area contributed by atoms with Gasteiger partial charge in [-0.1, -0.05) is 19.9 Å². The highest BCUT2D eigenvalue weighted by atomic mass is 16.4. The van der Waals surface area contributed by atoms with Gasteiger partial charge in [-0.2, -0.15) is 0 Å². The maximum Gasteiger partial charge on any atom is 0.308 e. The average molecular weight is 222 g/mol. The summed E-state index contributed by atoms with van der Waals surface area (Å²) in [4.78, 5) is 15.1. The van der Waals surface area contributed by atoms with Gasteiger partial charge in [0.15, 0.2) is 0 Å². The number of nitrogens with one attached hydrogen (secondary N) is 1. The molecule has 4 nitrogen and oxygen atoms in total. The second kappa shape index (κ2) is 6.23. The van der Waals surface area contributed by atoms with E-state index in [0.717, 1.165) is 5.69 Å². The Morgan fingerprint density at radius 1 is 1.50 bits per heavy atom. The van der Waals surface area contributed by atoms with E-state index >= 15 is 0 Å². The lowest BCUT2D eigenvalue weighted by molar-refractivity contribution is -0.143. The van der Waals surface area contributed by atoms with Crippen molar-refractivity contribution in [2.24, 2.45) is 11.8 Å². The molecule has 1 atom stereocenters. The molecule has 1 unspecified atom stereocenters. The number of hydrogen-bond acceptors (Lipinski definition) is 3. The molecule has 0 saturated carbocycles. The van der Waals surface area contributed by atoms with E-state index < -0.39 is 5.97 Å². The topological polar surface area (TPSA) is 62.2 Å². The monoisotopic (exact) mass is 222 g/mol. The van der Waals surface area contributed by atoms with Gasteiger partial charge in [-0.05, 0) is 18.1 Å². The summed E-state index contributed by atoms with van der Waals surface area (Å²) in [6.07, 6.45) is 1.73. The summed E-state index contributed by atoms with van der Waals surface area (Å²) >= 11 is 0. The van der Waals surface area contributed by atoms with E-state index in [1.165, 1.54) is 0 Å². The van der Waals surface area contributed by atoms with E-state index in [4.69, 9.17) is 5.11 Å². The number of aliphatic carboxylic acids is 1. The van der Waals surface area contributed by atoms with Crippen LogP contribution in [0, 0.1) is 11.8 Å². The van der Waals surface area contributed by atoms with Crippen molar-refractivity contribution in [2.75, 3.05) is 6.54 Å². The first-order valence-corrected chi connectivity index (χ1v) is 5.44. The van der Waals surface area contributed by atoms with E-state index in [9.17, 15) is 4.79 Å². The van der Waals surface area contributed by atoms with E-state index in [2.05, 4.69) is 10.3 Å². The molecule has 0 amide bonds. The molecule has 1 aromatic heterocycles. The number of hydrogen-bond donors (Lipinski definition) is 2. The normalized spacial score (nSPS) is 12.7. The molecule has 1 rings (SSSR count). The number of carboxylic acids is 1. The number of rotatable bonds is 6. The van der Waals surface area contributed by atoms with Crippen LogP contribution in [0.4, 0.5) is 0 Å². The zero-order valence-corrected chi connectivity index (χ0v) is 9.68. The van der Waals surface area contributed by atoms with Crippen LogP contribution in [0.1, 0.15) is 19.5 Å². The van der Waals surface area contributed by atoms with E-state index in [0.29, 0.717) is 13.1 Å². The summed E-state index contributed by atoms with van der Waals surface area (Å²) in [5.41, 5.74) is 0.926. The summed E-state index contributed by atoms with van der Waals surface area (Å²) < 4.78 is 0. The van der Waals surface area contributed by atoms with Gasteiger partial charge in [0.1, 0.15) is 0 Å². The van der Waals surface area contributed by atoms with E-state index in [-0.39, 0.29) is 11.8 Å². The molecular weight excluding hydrogens is 204 g/mol. The molecule has 0 aliphatic rings. The quantitative estimate of drug-likeness (QED) is 0.766. The maximum absolute atomic E-state index is 10.9. The van der Waals surface area contributed by atoms with Gasteiger partial charge < -0.3 is 10.4 Å². The Kier molecular flexibility index (Phi) is 4.92. The van der Waals surface area contributed by atoms with Gasteiger partial charge in [-0.25, -0.2) is 0 Å². The predicted octanol–water partition coefficient (Wildman–Crippen LogP) is 1.53. The molecule has 1 aromatic rings. The minimum atomic E-state index is -0.747. The molecule has 0 saturated heterocycles. The zero-order chi connectivity index (χ0) is 12.0. The maximum atomic E-state index is 10.9. The van der Waals surface area contributed by atoms with Crippen molar-refractivity contribution >= 4 is 5.97 Å². The molecule has 0 aliphatic carbocycles. The molecule has 0 radical (unpaired) electrons. The molecule has 1 heterocycles. The lowest BCUT2D eigenvalue weighted by Gasteiger charge is -2.16. The summed E-state index contributed by atoms with van der Waals surface area (Å²) in [6, 6.07) is 5.69. The summed E-state index contributed by atoms with van der Waals surface area (Å²) in [5.74, 6) is -0.957. The lowest BCUT2D eigenvalue weighted by atomic mass is 9.96. The Balaban J connectivity index is 2.37. The Morgan fingerprint density at radius 2 is 2.25 bits per heavy atom. The van der Waals surface area contributed by atoms with Crippen molar-refractivity contribution in [1.82, 2.24) is 10.3 Å². The van der Waals surface area contributed by atoms with Gasteiger partial charge in [-0.15, -0.1) is 0 Å². The van der Waals surface area contributed by atoms with Crippen molar-refractivity contribution in [3.8, 4) is 0 Å². The molecule has 16 heavy (non-hydrogen) atoms. The van der Waals surface area contributed by atoms with Crippen molar-refractivity contribution in [2.45, 2.75) is 20.4 Å². The van der Waals surface area contributed by atoms with Crippen LogP contribution in [0.25, 0.3) is 0 Å². The van der Waals surface area contributed by atoms with Crippen LogP contribution in [0.15, 0.2) is 24.4 Å². The molecule has 88 valence electrons. The standard InChI is InChI=1S/C12H18N2O2/c1-9(2)11(12(15)16)8-13-7-10-5-3-4-6-14-10/h3-6,9,11,13H,7-8H2,1-2H3,(H,15,16). The average Bonchev–Trinajstić information content (AvgIpc) is 2.24. The van der Waals surface area contributed by atoms with Gasteiger partial charge in [0.2, 0.25) is 0 Å². The van der Waals surface area contributed by atoms with Gasteiger partial charge in [0.05, 0.1) is 11.6 Å². The molecule has 4 heteroatoms. The summed E-state index contributed by atoms with van der Waals surface area (Å²) in [5, 5.41) is 12.1. The summed E-state index contributed by atoms with van der Waals surface area (Å²) in [7, 11) is 0. The van der Waals surface area contributed by atoms with Crippen LogP contribution in [-0.4, -0.2) is 22.6 Å². The second-order valence-electron chi connectivity index (χ2n) is 4.14. The van der Waals surface area contributed by atoms with Crippen LogP contribution >= 0.6 is 0 Å². The Morgan fingerprint density at radius 3 is 2.75 bits per heavy atom. The second-order valence-corrected chi connectivity index (χ2v) is 4.14. The van der Waals surface area contributed by atoms with Crippen LogP contribution in [-0.2, 0) is 11.3 Å². The Bertz CT molecular complexity index is 325. The lowest BCUT2D eigenvalue weighted by Crippen LogP contribution is -2.31. The number of pyridine rings is 1. The molecule has 0 spiro atoms. The SMILES string of the molecule is CC(C)C(CNCc1ccccn1)C(=O)O. The zero-order valence-electron chi connectivity index (χ0n) is 9.68. The minimum Gasteiger partial charge on any atom is -0.481 e. The van der Waals surface area contributed by atoms with Crippen molar-refractivity contribution in [3.05, 3.63) is 30.1 Å². The molecule has 0 bridgehead atoms. The Hall–Kier alpha value is -1.42. The van der Waals surface area contributed by atoms with Crippen LogP contribution in [0.3, 0.4) is 0 Å². The van der Waals surface area contributed by atoms with Gasteiger partial charge in [0.25, 0.3) is 0 Å². The third-order valence-corrected chi connectivity index (χ3v) is 2.52. The fourth-order valence-corrected chi connectivity index (χ4v) is 1.47.